The summed E-state index contributed by atoms with van der Waals surface area (Å²) in [5.74, 6) is -0.645. The monoisotopic (exact) mass is 244 g/mol. The molecule has 1 atom stereocenters. The Labute approximate surface area is 98.7 Å². The molecule has 5 heteroatoms. The molecule has 1 rings (SSSR count). The highest BCUT2D eigenvalue weighted by Gasteiger charge is 2.19. The Morgan fingerprint density at radius 3 is 2.69 bits per heavy atom. The molecule has 0 heterocycles. The van der Waals surface area contributed by atoms with Gasteiger partial charge in [-0.05, 0) is 30.7 Å². The van der Waals surface area contributed by atoms with Crippen LogP contribution in [0.1, 0.15) is 5.56 Å². The van der Waals surface area contributed by atoms with E-state index in [1.54, 1.807) is 18.2 Å². The number of aryl methyl sites for hydroxylation is 1. The van der Waals surface area contributed by atoms with Crippen molar-refractivity contribution >= 4 is 17.6 Å². The minimum absolute atomic E-state index is 0.0130. The lowest BCUT2D eigenvalue weighted by atomic mass is 10.2. The number of carboxylic acid groups (broad SMARTS) is 1. The molecule has 0 saturated carbocycles. The van der Waals surface area contributed by atoms with Crippen LogP contribution in [-0.2, 0) is 9.53 Å². The zero-order valence-corrected chi connectivity index (χ0v) is 9.82. The van der Waals surface area contributed by atoms with E-state index in [1.165, 1.54) is 7.11 Å². The molecule has 1 N–H and O–H groups in total. The van der Waals surface area contributed by atoms with E-state index in [9.17, 15) is 4.79 Å². The first-order valence-electron chi connectivity index (χ1n) is 4.68. The van der Waals surface area contributed by atoms with Crippen molar-refractivity contribution in [1.29, 1.82) is 0 Å². The molecule has 0 aliphatic rings. The molecule has 0 aliphatic carbocycles. The van der Waals surface area contributed by atoms with Gasteiger partial charge in [-0.2, -0.15) is 0 Å². The van der Waals surface area contributed by atoms with Crippen LogP contribution in [0.4, 0.5) is 0 Å². The van der Waals surface area contributed by atoms with E-state index < -0.39 is 12.1 Å². The van der Waals surface area contributed by atoms with Gasteiger partial charge in [-0.1, -0.05) is 11.6 Å². The van der Waals surface area contributed by atoms with Gasteiger partial charge in [-0.25, -0.2) is 4.79 Å². The molecule has 1 aromatic rings. The van der Waals surface area contributed by atoms with Crippen molar-refractivity contribution in [2.75, 3.05) is 13.7 Å². The molecular formula is C11H13ClO4. The molecule has 88 valence electrons. The first kappa shape index (κ1) is 12.8. The Morgan fingerprint density at radius 2 is 2.19 bits per heavy atom. The maximum Gasteiger partial charge on any atom is 0.347 e. The number of benzene rings is 1. The molecule has 4 nitrogen and oxygen atoms in total. The molecule has 0 fully saturated rings. The Balaban J connectivity index is 2.80. The fourth-order valence-electron chi connectivity index (χ4n) is 1.24. The van der Waals surface area contributed by atoms with Crippen molar-refractivity contribution in [3.05, 3.63) is 28.8 Å². The van der Waals surface area contributed by atoms with Crippen LogP contribution >= 0.6 is 11.6 Å². The normalized spacial score (nSPS) is 12.2. The quantitative estimate of drug-likeness (QED) is 0.862. The molecular weight excluding hydrogens is 232 g/mol. The van der Waals surface area contributed by atoms with Gasteiger partial charge in [-0.15, -0.1) is 0 Å². The van der Waals surface area contributed by atoms with E-state index >= 15 is 0 Å². The average molecular weight is 245 g/mol. The maximum absolute atomic E-state index is 10.8. The number of methoxy groups -OCH3 is 1. The zero-order chi connectivity index (χ0) is 12.1. The topological polar surface area (TPSA) is 55.8 Å². The minimum Gasteiger partial charge on any atom is -0.478 e. The number of carbonyl (C=O) groups is 1. The average Bonchev–Trinajstić information content (AvgIpc) is 2.15. The standard InChI is InChI=1S/C11H13ClO4/c1-7-3-8(12)5-9(4-7)16-10(6-15-2)11(13)14/h3-5,10H,6H2,1-2H3,(H,13,14). The van der Waals surface area contributed by atoms with Crippen LogP contribution in [0.25, 0.3) is 0 Å². The maximum atomic E-state index is 10.8. The van der Waals surface area contributed by atoms with Crippen molar-refractivity contribution in [1.82, 2.24) is 0 Å². The Kier molecular flexibility index (Phi) is 4.58. The van der Waals surface area contributed by atoms with E-state index in [4.69, 9.17) is 26.2 Å². The smallest absolute Gasteiger partial charge is 0.347 e. The van der Waals surface area contributed by atoms with Crippen molar-refractivity contribution in [3.8, 4) is 5.75 Å². The van der Waals surface area contributed by atoms with Gasteiger partial charge in [0.25, 0.3) is 0 Å². The highest BCUT2D eigenvalue weighted by Crippen LogP contribution is 2.21. The molecule has 0 bridgehead atoms. The second-order valence-electron chi connectivity index (χ2n) is 3.36. The van der Waals surface area contributed by atoms with Crippen molar-refractivity contribution in [2.24, 2.45) is 0 Å². The summed E-state index contributed by atoms with van der Waals surface area (Å²) in [7, 11) is 1.42. The summed E-state index contributed by atoms with van der Waals surface area (Å²) < 4.78 is 10.0. The molecule has 16 heavy (non-hydrogen) atoms. The lowest BCUT2D eigenvalue weighted by Gasteiger charge is -2.14. The third kappa shape index (κ3) is 3.72. The highest BCUT2D eigenvalue weighted by molar-refractivity contribution is 6.30. The number of hydrogen-bond acceptors (Lipinski definition) is 3. The molecule has 0 radical (unpaired) electrons. The number of ether oxygens (including phenoxy) is 2. The van der Waals surface area contributed by atoms with Crippen LogP contribution in [0, 0.1) is 6.92 Å². The molecule has 1 aromatic carbocycles. The van der Waals surface area contributed by atoms with Crippen LogP contribution in [0.3, 0.4) is 0 Å². The van der Waals surface area contributed by atoms with Gasteiger partial charge in [-0.3, -0.25) is 0 Å². The van der Waals surface area contributed by atoms with Gasteiger partial charge in [0.05, 0.1) is 6.61 Å². The summed E-state index contributed by atoms with van der Waals surface area (Å²) in [5, 5.41) is 9.38. The van der Waals surface area contributed by atoms with Gasteiger partial charge in [0.1, 0.15) is 5.75 Å². The van der Waals surface area contributed by atoms with Crippen LogP contribution in [-0.4, -0.2) is 30.9 Å². The van der Waals surface area contributed by atoms with Gasteiger partial charge in [0.2, 0.25) is 6.10 Å². The number of rotatable bonds is 5. The Hall–Kier alpha value is -1.26. The number of aliphatic carboxylic acids is 1. The minimum atomic E-state index is -1.07. The number of halogens is 1. The molecule has 0 amide bonds. The summed E-state index contributed by atoms with van der Waals surface area (Å²) in [5.41, 5.74) is 0.907. The van der Waals surface area contributed by atoms with Crippen molar-refractivity contribution < 1.29 is 19.4 Å². The SMILES string of the molecule is COCC(Oc1cc(C)cc(Cl)c1)C(=O)O. The predicted molar refractivity (Wildman–Crippen MR) is 60.1 cm³/mol. The van der Waals surface area contributed by atoms with Gasteiger partial charge >= 0.3 is 5.97 Å². The summed E-state index contributed by atoms with van der Waals surface area (Å²) in [6.07, 6.45) is -1.03. The highest BCUT2D eigenvalue weighted by atomic mass is 35.5. The van der Waals surface area contributed by atoms with Gasteiger partial charge in [0.15, 0.2) is 0 Å². The van der Waals surface area contributed by atoms with Gasteiger partial charge < -0.3 is 14.6 Å². The number of carboxylic acids is 1. The lowest BCUT2D eigenvalue weighted by Crippen LogP contribution is -2.31. The van der Waals surface area contributed by atoms with E-state index in [2.05, 4.69) is 0 Å². The largest absolute Gasteiger partial charge is 0.478 e. The predicted octanol–water partition coefficient (Wildman–Crippen LogP) is 2.13. The third-order valence-corrected chi connectivity index (χ3v) is 2.11. The van der Waals surface area contributed by atoms with Crippen LogP contribution in [0.15, 0.2) is 18.2 Å². The van der Waals surface area contributed by atoms with E-state index in [-0.39, 0.29) is 6.61 Å². The summed E-state index contributed by atoms with van der Waals surface area (Å²) >= 11 is 5.83. The molecule has 0 aromatic heterocycles. The van der Waals surface area contributed by atoms with Crippen LogP contribution in [0.5, 0.6) is 5.75 Å². The molecule has 0 aliphatic heterocycles. The lowest BCUT2D eigenvalue weighted by molar-refractivity contribution is -0.147. The Morgan fingerprint density at radius 1 is 1.50 bits per heavy atom. The summed E-state index contributed by atoms with van der Waals surface area (Å²) in [4.78, 5) is 10.8. The second-order valence-corrected chi connectivity index (χ2v) is 3.80. The fourth-order valence-corrected chi connectivity index (χ4v) is 1.52. The number of hydrogen-bond donors (Lipinski definition) is 1. The van der Waals surface area contributed by atoms with Crippen molar-refractivity contribution in [3.63, 3.8) is 0 Å². The molecule has 1 unspecified atom stereocenters. The van der Waals surface area contributed by atoms with E-state index in [1.807, 2.05) is 6.92 Å². The summed E-state index contributed by atoms with van der Waals surface area (Å²) in [6.45, 7) is 1.84. The van der Waals surface area contributed by atoms with Crippen molar-refractivity contribution in [2.45, 2.75) is 13.0 Å². The molecule has 0 spiro atoms. The zero-order valence-electron chi connectivity index (χ0n) is 9.07. The third-order valence-electron chi connectivity index (χ3n) is 1.89. The van der Waals surface area contributed by atoms with Crippen LogP contribution in [0.2, 0.25) is 5.02 Å². The summed E-state index contributed by atoms with van der Waals surface area (Å²) in [6, 6.07) is 5.05. The molecule has 0 saturated heterocycles. The van der Waals surface area contributed by atoms with Crippen LogP contribution < -0.4 is 4.74 Å². The fraction of sp³-hybridized carbons (Fsp3) is 0.364. The first-order chi connectivity index (χ1) is 7.52. The first-order valence-corrected chi connectivity index (χ1v) is 5.06. The second kappa shape index (κ2) is 5.72. The van der Waals surface area contributed by atoms with Gasteiger partial charge in [0, 0.05) is 12.1 Å². The van der Waals surface area contributed by atoms with E-state index in [0.29, 0.717) is 10.8 Å². The van der Waals surface area contributed by atoms with E-state index in [0.717, 1.165) is 5.56 Å². The Bertz CT molecular complexity index is 358.